The molecule has 26 heavy (non-hydrogen) atoms. The fraction of sp³-hybridized carbons (Fsp3) is 0.100. The molecular formula is C20H16N4O2. The topological polar surface area (TPSA) is 69.8 Å². The van der Waals surface area contributed by atoms with Crippen LogP contribution < -0.4 is 11.2 Å². The molecule has 0 radical (unpaired) electrons. The van der Waals surface area contributed by atoms with Crippen molar-refractivity contribution in [3.8, 4) is 0 Å². The molecule has 0 atom stereocenters. The van der Waals surface area contributed by atoms with Gasteiger partial charge in [-0.15, -0.1) is 0 Å². The van der Waals surface area contributed by atoms with Crippen LogP contribution in [0, 0.1) is 0 Å². The van der Waals surface area contributed by atoms with Crippen LogP contribution in [-0.4, -0.2) is 19.1 Å². The first-order valence-corrected chi connectivity index (χ1v) is 8.25. The van der Waals surface area contributed by atoms with E-state index in [0.717, 1.165) is 11.1 Å². The van der Waals surface area contributed by atoms with Gasteiger partial charge in [-0.05, 0) is 29.3 Å². The van der Waals surface area contributed by atoms with E-state index >= 15 is 0 Å². The Morgan fingerprint density at radius 3 is 2.27 bits per heavy atom. The summed E-state index contributed by atoms with van der Waals surface area (Å²) in [6.07, 6.45) is 4.96. The van der Waals surface area contributed by atoms with Crippen molar-refractivity contribution in [3.63, 3.8) is 0 Å². The zero-order valence-electron chi connectivity index (χ0n) is 13.9. The Bertz CT molecular complexity index is 1170. The average Bonchev–Trinajstić information content (AvgIpc) is 2.70. The summed E-state index contributed by atoms with van der Waals surface area (Å²) < 4.78 is 2.81. The van der Waals surface area contributed by atoms with Crippen molar-refractivity contribution < 1.29 is 0 Å². The predicted octanol–water partition coefficient (Wildman–Crippen LogP) is 2.05. The van der Waals surface area contributed by atoms with Gasteiger partial charge >= 0.3 is 5.69 Å². The van der Waals surface area contributed by atoms with Gasteiger partial charge in [0.15, 0.2) is 5.52 Å². The fourth-order valence-corrected chi connectivity index (χ4v) is 2.98. The van der Waals surface area contributed by atoms with Crippen LogP contribution in [0.25, 0.3) is 11.0 Å². The van der Waals surface area contributed by atoms with Crippen molar-refractivity contribution in [1.29, 1.82) is 0 Å². The molecule has 0 aliphatic heterocycles. The molecule has 6 heteroatoms. The Kier molecular flexibility index (Phi) is 4.15. The summed E-state index contributed by atoms with van der Waals surface area (Å²) in [7, 11) is 0. The third-order valence-electron chi connectivity index (χ3n) is 4.23. The lowest BCUT2D eigenvalue weighted by Crippen LogP contribution is -2.40. The van der Waals surface area contributed by atoms with Crippen LogP contribution in [-0.2, 0) is 13.1 Å². The van der Waals surface area contributed by atoms with Crippen LogP contribution in [0.3, 0.4) is 0 Å². The lowest BCUT2D eigenvalue weighted by Gasteiger charge is -2.13. The van der Waals surface area contributed by atoms with E-state index < -0.39 is 0 Å². The Morgan fingerprint density at radius 2 is 1.50 bits per heavy atom. The highest BCUT2D eigenvalue weighted by atomic mass is 16.2. The van der Waals surface area contributed by atoms with Gasteiger partial charge in [0.2, 0.25) is 0 Å². The lowest BCUT2D eigenvalue weighted by atomic mass is 10.2. The van der Waals surface area contributed by atoms with Crippen molar-refractivity contribution in [1.82, 2.24) is 19.1 Å². The maximum absolute atomic E-state index is 13.1. The minimum absolute atomic E-state index is 0.206. The van der Waals surface area contributed by atoms with Gasteiger partial charge < -0.3 is 0 Å². The first-order valence-electron chi connectivity index (χ1n) is 8.25. The first kappa shape index (κ1) is 16.0. The molecule has 3 heterocycles. The molecule has 0 aliphatic rings. The highest BCUT2D eigenvalue weighted by Gasteiger charge is 2.14. The number of pyridine rings is 2. The summed E-state index contributed by atoms with van der Waals surface area (Å²) in [4.78, 5) is 34.2. The molecule has 0 saturated carbocycles. The summed E-state index contributed by atoms with van der Waals surface area (Å²) in [5, 5.41) is 0. The van der Waals surface area contributed by atoms with Crippen LogP contribution in [0.4, 0.5) is 0 Å². The Hall–Kier alpha value is -3.54. The van der Waals surface area contributed by atoms with E-state index in [2.05, 4.69) is 9.97 Å². The molecule has 1 aromatic carbocycles. The number of aromatic nitrogens is 4. The molecule has 0 unspecified atom stereocenters. The minimum atomic E-state index is -0.378. The van der Waals surface area contributed by atoms with E-state index in [9.17, 15) is 9.59 Å². The predicted molar refractivity (Wildman–Crippen MR) is 99.1 cm³/mol. The van der Waals surface area contributed by atoms with Crippen molar-refractivity contribution in [3.05, 3.63) is 105 Å². The summed E-state index contributed by atoms with van der Waals surface area (Å²) in [6.45, 7) is 0.530. The number of hydrogen-bond donors (Lipinski definition) is 0. The SMILES string of the molecule is O=c1c2ncccc2n(Cc2cccnc2)c(=O)n1Cc1ccccc1. The Balaban J connectivity index is 1.92. The molecule has 0 fully saturated rings. The average molecular weight is 344 g/mol. The molecule has 128 valence electrons. The smallest absolute Gasteiger partial charge is 0.287 e. The number of nitrogens with zero attached hydrogens (tertiary/aromatic N) is 4. The Labute approximate surface area is 149 Å². The molecule has 3 aromatic heterocycles. The highest BCUT2D eigenvalue weighted by molar-refractivity contribution is 5.73. The second kappa shape index (κ2) is 6.76. The molecule has 4 aromatic rings. The molecule has 4 rings (SSSR count). The third kappa shape index (κ3) is 2.93. The monoisotopic (exact) mass is 344 g/mol. The standard InChI is InChI=1S/C20H16N4O2/c25-19-18-17(9-5-11-22-18)23(14-16-8-4-10-21-12-16)20(26)24(19)13-15-6-2-1-3-7-15/h1-12H,13-14H2. The summed E-state index contributed by atoms with van der Waals surface area (Å²) in [6, 6.07) is 16.6. The summed E-state index contributed by atoms with van der Waals surface area (Å²) >= 11 is 0. The normalized spacial score (nSPS) is 10.9. The third-order valence-corrected chi connectivity index (χ3v) is 4.23. The van der Waals surface area contributed by atoms with Crippen LogP contribution in [0.15, 0.2) is 82.8 Å². The lowest BCUT2D eigenvalue weighted by molar-refractivity contribution is 0.632. The van der Waals surface area contributed by atoms with Gasteiger partial charge in [0.25, 0.3) is 5.56 Å². The van der Waals surface area contributed by atoms with Crippen molar-refractivity contribution in [2.75, 3.05) is 0 Å². The highest BCUT2D eigenvalue weighted by Crippen LogP contribution is 2.08. The van der Waals surface area contributed by atoms with Gasteiger partial charge in [-0.3, -0.25) is 18.9 Å². The first-order chi connectivity index (χ1) is 12.7. The van der Waals surface area contributed by atoms with E-state index in [-0.39, 0.29) is 23.3 Å². The molecule has 0 aliphatic carbocycles. The second-order valence-electron chi connectivity index (χ2n) is 5.98. The van der Waals surface area contributed by atoms with E-state index in [0.29, 0.717) is 12.1 Å². The number of rotatable bonds is 4. The number of benzene rings is 1. The zero-order valence-corrected chi connectivity index (χ0v) is 13.9. The van der Waals surface area contributed by atoms with Gasteiger partial charge in [-0.1, -0.05) is 36.4 Å². The Morgan fingerprint density at radius 1 is 0.769 bits per heavy atom. The molecule has 0 amide bonds. The van der Waals surface area contributed by atoms with Crippen LogP contribution in [0.2, 0.25) is 0 Å². The molecule has 6 nitrogen and oxygen atoms in total. The second-order valence-corrected chi connectivity index (χ2v) is 5.98. The van der Waals surface area contributed by atoms with Crippen LogP contribution in [0.1, 0.15) is 11.1 Å². The quantitative estimate of drug-likeness (QED) is 0.568. The van der Waals surface area contributed by atoms with Gasteiger partial charge in [0, 0.05) is 18.6 Å². The fourth-order valence-electron chi connectivity index (χ4n) is 2.98. The van der Waals surface area contributed by atoms with E-state index in [1.165, 1.54) is 4.57 Å². The van der Waals surface area contributed by atoms with E-state index in [4.69, 9.17) is 0 Å². The molecule has 0 saturated heterocycles. The maximum atomic E-state index is 13.1. The van der Waals surface area contributed by atoms with Crippen molar-refractivity contribution >= 4 is 11.0 Å². The molecule has 0 N–H and O–H groups in total. The van der Waals surface area contributed by atoms with Gasteiger partial charge in [0.1, 0.15) is 0 Å². The zero-order chi connectivity index (χ0) is 17.9. The molecule has 0 spiro atoms. The van der Waals surface area contributed by atoms with E-state index in [1.54, 1.807) is 35.3 Å². The minimum Gasteiger partial charge on any atom is -0.287 e. The summed E-state index contributed by atoms with van der Waals surface area (Å²) in [5.74, 6) is 0. The van der Waals surface area contributed by atoms with Gasteiger partial charge in [-0.25, -0.2) is 9.78 Å². The molecule has 0 bridgehead atoms. The largest absolute Gasteiger partial charge is 0.332 e. The van der Waals surface area contributed by atoms with Gasteiger partial charge in [0.05, 0.1) is 18.6 Å². The summed E-state index contributed by atoms with van der Waals surface area (Å²) in [5.41, 5.74) is 1.84. The number of fused-ring (bicyclic) bond motifs is 1. The van der Waals surface area contributed by atoms with E-state index in [1.807, 2.05) is 42.5 Å². The van der Waals surface area contributed by atoms with Crippen LogP contribution >= 0.6 is 0 Å². The van der Waals surface area contributed by atoms with Crippen molar-refractivity contribution in [2.24, 2.45) is 0 Å². The number of hydrogen-bond acceptors (Lipinski definition) is 4. The maximum Gasteiger partial charge on any atom is 0.332 e. The van der Waals surface area contributed by atoms with Gasteiger partial charge in [-0.2, -0.15) is 0 Å². The van der Waals surface area contributed by atoms with Crippen LogP contribution in [0.5, 0.6) is 0 Å². The molecular weight excluding hydrogens is 328 g/mol. The van der Waals surface area contributed by atoms with Crippen molar-refractivity contribution in [2.45, 2.75) is 13.1 Å².